The molecule has 0 unspecified atom stereocenters. The molecule has 0 radical (unpaired) electrons. The number of carboxylic acids is 1. The highest BCUT2D eigenvalue weighted by molar-refractivity contribution is 5.89. The second kappa shape index (κ2) is 6.19. The Labute approximate surface area is 98.1 Å². The zero-order chi connectivity index (χ0) is 12.8. The lowest BCUT2D eigenvalue weighted by molar-refractivity contribution is -0.149. The van der Waals surface area contributed by atoms with E-state index in [-0.39, 0.29) is 0 Å². The molecule has 1 aliphatic heterocycles. The van der Waals surface area contributed by atoms with Crippen LogP contribution in [-0.4, -0.2) is 48.8 Å². The van der Waals surface area contributed by atoms with Gasteiger partial charge in [-0.05, 0) is 12.8 Å². The van der Waals surface area contributed by atoms with Gasteiger partial charge in [0.15, 0.2) is 0 Å². The van der Waals surface area contributed by atoms with Crippen molar-refractivity contribution >= 4 is 17.8 Å². The third-order valence-corrected chi connectivity index (χ3v) is 2.44. The fourth-order valence-electron chi connectivity index (χ4n) is 1.50. The Balaban J connectivity index is 2.50. The standard InChI is InChI=1S/C10H15NO6/c1-16-8(12)5-6(10(14)15)11-9(13)7-3-2-4-17-7/h6-7H,2-5H2,1H3,(H,11,13)(H,14,15)/t6-,7+/m0/s1. The molecule has 96 valence electrons. The Kier molecular flexibility index (Phi) is 4.89. The number of hydrogen-bond donors (Lipinski definition) is 2. The normalized spacial score (nSPS) is 20.6. The highest BCUT2D eigenvalue weighted by atomic mass is 16.5. The molecule has 1 amide bonds. The molecule has 0 spiro atoms. The van der Waals surface area contributed by atoms with Crippen molar-refractivity contribution in [3.63, 3.8) is 0 Å². The maximum absolute atomic E-state index is 11.6. The van der Waals surface area contributed by atoms with Gasteiger partial charge in [0.25, 0.3) is 0 Å². The first-order valence-corrected chi connectivity index (χ1v) is 5.26. The van der Waals surface area contributed by atoms with E-state index in [2.05, 4.69) is 10.1 Å². The van der Waals surface area contributed by atoms with Gasteiger partial charge >= 0.3 is 11.9 Å². The topological polar surface area (TPSA) is 102 Å². The second-order valence-electron chi connectivity index (χ2n) is 3.68. The lowest BCUT2D eigenvalue weighted by atomic mass is 10.1. The molecule has 0 aliphatic carbocycles. The van der Waals surface area contributed by atoms with E-state index in [4.69, 9.17) is 9.84 Å². The number of ether oxygens (including phenoxy) is 2. The molecule has 1 heterocycles. The predicted molar refractivity (Wildman–Crippen MR) is 55.2 cm³/mol. The molecule has 7 heteroatoms. The summed E-state index contributed by atoms with van der Waals surface area (Å²) in [6.45, 7) is 0.493. The van der Waals surface area contributed by atoms with E-state index in [1.807, 2.05) is 0 Å². The van der Waals surface area contributed by atoms with Crippen LogP contribution in [0.5, 0.6) is 0 Å². The van der Waals surface area contributed by atoms with E-state index >= 15 is 0 Å². The summed E-state index contributed by atoms with van der Waals surface area (Å²) in [5, 5.41) is 11.1. The number of methoxy groups -OCH3 is 1. The Bertz CT molecular complexity index is 310. The van der Waals surface area contributed by atoms with Crippen LogP contribution in [0.2, 0.25) is 0 Å². The van der Waals surface area contributed by atoms with Crippen LogP contribution in [0, 0.1) is 0 Å². The predicted octanol–water partition coefficient (Wildman–Crippen LogP) is -0.702. The number of carbonyl (C=O) groups is 3. The fraction of sp³-hybridized carbons (Fsp3) is 0.700. The summed E-state index contributed by atoms with van der Waals surface area (Å²) in [5.74, 6) is -2.47. The largest absolute Gasteiger partial charge is 0.480 e. The van der Waals surface area contributed by atoms with E-state index < -0.39 is 36.4 Å². The molecule has 2 N–H and O–H groups in total. The van der Waals surface area contributed by atoms with Gasteiger partial charge in [-0.25, -0.2) is 4.79 Å². The average Bonchev–Trinajstić information content (AvgIpc) is 2.81. The van der Waals surface area contributed by atoms with E-state index in [1.54, 1.807) is 0 Å². The lowest BCUT2D eigenvalue weighted by Gasteiger charge is -2.16. The van der Waals surface area contributed by atoms with Crippen LogP contribution in [0.4, 0.5) is 0 Å². The highest BCUT2D eigenvalue weighted by Crippen LogP contribution is 2.12. The summed E-state index contributed by atoms with van der Waals surface area (Å²) >= 11 is 0. The molecule has 0 aromatic rings. The van der Waals surface area contributed by atoms with Crippen LogP contribution >= 0.6 is 0 Å². The minimum Gasteiger partial charge on any atom is -0.480 e. The van der Waals surface area contributed by atoms with E-state index in [9.17, 15) is 14.4 Å². The van der Waals surface area contributed by atoms with E-state index in [0.29, 0.717) is 13.0 Å². The minimum absolute atomic E-state index is 0.399. The monoisotopic (exact) mass is 245 g/mol. The van der Waals surface area contributed by atoms with Gasteiger partial charge in [-0.15, -0.1) is 0 Å². The quantitative estimate of drug-likeness (QED) is 0.621. The Hall–Kier alpha value is -1.63. The van der Waals surface area contributed by atoms with Gasteiger partial charge in [-0.1, -0.05) is 0 Å². The molecular weight excluding hydrogens is 230 g/mol. The van der Waals surface area contributed by atoms with Crippen molar-refractivity contribution < 1.29 is 29.0 Å². The average molecular weight is 245 g/mol. The number of nitrogens with one attached hydrogen (secondary N) is 1. The summed E-state index contributed by atoms with van der Waals surface area (Å²) in [5.41, 5.74) is 0. The van der Waals surface area contributed by atoms with Crippen molar-refractivity contribution in [2.24, 2.45) is 0 Å². The summed E-state index contributed by atoms with van der Waals surface area (Å²) in [6.07, 6.45) is 0.322. The van der Waals surface area contributed by atoms with Crippen LogP contribution in [0.25, 0.3) is 0 Å². The molecule has 0 saturated carbocycles. The molecule has 1 rings (SSSR count). The van der Waals surface area contributed by atoms with Crippen LogP contribution < -0.4 is 5.32 Å². The molecule has 17 heavy (non-hydrogen) atoms. The van der Waals surface area contributed by atoms with Crippen LogP contribution in [0.15, 0.2) is 0 Å². The number of hydrogen-bond acceptors (Lipinski definition) is 5. The molecule has 7 nitrogen and oxygen atoms in total. The summed E-state index contributed by atoms with van der Waals surface area (Å²) < 4.78 is 9.46. The molecule has 0 aromatic heterocycles. The van der Waals surface area contributed by atoms with Gasteiger partial charge in [0, 0.05) is 6.61 Å². The van der Waals surface area contributed by atoms with Crippen molar-refractivity contribution in [2.75, 3.05) is 13.7 Å². The first kappa shape index (κ1) is 13.4. The van der Waals surface area contributed by atoms with Gasteiger partial charge in [0.2, 0.25) is 5.91 Å². The Morgan fingerprint density at radius 1 is 1.53 bits per heavy atom. The molecular formula is C10H15NO6. The van der Waals surface area contributed by atoms with E-state index in [1.165, 1.54) is 0 Å². The number of aliphatic carboxylic acids is 1. The van der Waals surface area contributed by atoms with Gasteiger partial charge in [-0.2, -0.15) is 0 Å². The highest BCUT2D eigenvalue weighted by Gasteiger charge is 2.29. The fourth-order valence-corrected chi connectivity index (χ4v) is 1.50. The second-order valence-corrected chi connectivity index (χ2v) is 3.68. The molecule has 0 aromatic carbocycles. The smallest absolute Gasteiger partial charge is 0.326 e. The molecule has 1 aliphatic rings. The first-order chi connectivity index (χ1) is 8.04. The molecule has 0 bridgehead atoms. The Morgan fingerprint density at radius 2 is 2.24 bits per heavy atom. The van der Waals surface area contributed by atoms with Crippen molar-refractivity contribution in [3.05, 3.63) is 0 Å². The number of esters is 1. The summed E-state index contributed by atoms with van der Waals surface area (Å²) in [4.78, 5) is 33.4. The third-order valence-electron chi connectivity index (χ3n) is 2.44. The first-order valence-electron chi connectivity index (χ1n) is 5.26. The zero-order valence-corrected chi connectivity index (χ0v) is 9.47. The maximum Gasteiger partial charge on any atom is 0.326 e. The molecule has 1 fully saturated rings. The van der Waals surface area contributed by atoms with Crippen LogP contribution in [-0.2, 0) is 23.9 Å². The number of amides is 1. The van der Waals surface area contributed by atoms with Gasteiger partial charge in [0.05, 0.1) is 13.5 Å². The van der Waals surface area contributed by atoms with Gasteiger partial charge < -0.3 is 19.9 Å². The molecule has 2 atom stereocenters. The van der Waals surface area contributed by atoms with Gasteiger partial charge in [-0.3, -0.25) is 9.59 Å². The SMILES string of the molecule is COC(=O)C[C@H](NC(=O)[C@H]1CCCO1)C(=O)O. The Morgan fingerprint density at radius 3 is 2.71 bits per heavy atom. The van der Waals surface area contributed by atoms with Crippen LogP contribution in [0.1, 0.15) is 19.3 Å². The lowest BCUT2D eigenvalue weighted by Crippen LogP contribution is -2.46. The van der Waals surface area contributed by atoms with Crippen molar-refractivity contribution in [1.29, 1.82) is 0 Å². The zero-order valence-electron chi connectivity index (χ0n) is 9.47. The van der Waals surface area contributed by atoms with E-state index in [0.717, 1.165) is 13.5 Å². The number of rotatable bonds is 5. The van der Waals surface area contributed by atoms with Crippen molar-refractivity contribution in [2.45, 2.75) is 31.4 Å². The summed E-state index contributed by atoms with van der Waals surface area (Å²) in [7, 11) is 1.16. The minimum atomic E-state index is -1.28. The summed E-state index contributed by atoms with van der Waals surface area (Å²) in [6, 6.07) is -1.28. The van der Waals surface area contributed by atoms with Crippen molar-refractivity contribution in [1.82, 2.24) is 5.32 Å². The maximum atomic E-state index is 11.6. The van der Waals surface area contributed by atoms with Crippen LogP contribution in [0.3, 0.4) is 0 Å². The molecule has 1 saturated heterocycles. The van der Waals surface area contributed by atoms with Gasteiger partial charge in [0.1, 0.15) is 12.1 Å². The number of carbonyl (C=O) groups excluding carboxylic acids is 2. The number of carboxylic acid groups (broad SMARTS) is 1. The van der Waals surface area contributed by atoms with Crippen molar-refractivity contribution in [3.8, 4) is 0 Å². The third kappa shape index (κ3) is 4.03.